The van der Waals surface area contributed by atoms with Gasteiger partial charge in [0.05, 0.1) is 17.5 Å². The predicted molar refractivity (Wildman–Crippen MR) is 120 cm³/mol. The van der Waals surface area contributed by atoms with E-state index in [-0.39, 0.29) is 5.69 Å². The van der Waals surface area contributed by atoms with Crippen molar-refractivity contribution in [2.45, 2.75) is 20.8 Å². The number of methoxy groups -OCH3 is 1. The zero-order chi connectivity index (χ0) is 21.8. The van der Waals surface area contributed by atoms with Gasteiger partial charge in [-0.15, -0.1) is 0 Å². The molecule has 4 rings (SSSR count). The third-order valence-electron chi connectivity index (χ3n) is 4.87. The van der Waals surface area contributed by atoms with Crippen LogP contribution >= 0.6 is 0 Å². The minimum absolute atomic E-state index is 0.0531. The van der Waals surface area contributed by atoms with E-state index in [0.717, 1.165) is 39.2 Å². The van der Waals surface area contributed by atoms with Gasteiger partial charge in [-0.25, -0.2) is 4.98 Å². The van der Waals surface area contributed by atoms with Gasteiger partial charge in [0.15, 0.2) is 0 Å². The summed E-state index contributed by atoms with van der Waals surface area (Å²) in [5.41, 5.74) is 11.8. The molecule has 4 aromatic rings. The number of nitrogens with zero attached hydrogens (tertiary/aromatic N) is 3. The van der Waals surface area contributed by atoms with Gasteiger partial charge in [-0.1, -0.05) is 26.0 Å². The number of ether oxygens (including phenoxy) is 1. The highest BCUT2D eigenvalue weighted by Gasteiger charge is 2.21. The van der Waals surface area contributed by atoms with Crippen molar-refractivity contribution in [3.63, 3.8) is 0 Å². The average Bonchev–Trinajstić information content (AvgIpc) is 3.09. The number of nitro benzene ring substituents is 1. The molecule has 2 aromatic carbocycles. The molecule has 2 aromatic heterocycles. The highest BCUT2D eigenvalue weighted by atomic mass is 16.6. The first-order chi connectivity index (χ1) is 14.5. The number of benzene rings is 2. The van der Waals surface area contributed by atoms with Crippen molar-refractivity contribution in [2.75, 3.05) is 12.8 Å². The van der Waals surface area contributed by atoms with Crippen LogP contribution in [0.3, 0.4) is 0 Å². The summed E-state index contributed by atoms with van der Waals surface area (Å²) in [6.45, 7) is 6.00. The lowest BCUT2D eigenvalue weighted by Gasteiger charge is -2.08. The summed E-state index contributed by atoms with van der Waals surface area (Å²) in [7, 11) is 1.62. The van der Waals surface area contributed by atoms with Gasteiger partial charge in [0.25, 0.3) is 5.69 Å². The molecule has 0 aliphatic carbocycles. The third kappa shape index (κ3) is 3.57. The first-order valence-corrected chi connectivity index (χ1v) is 9.65. The number of hydrogen-bond acceptors (Lipinski definition) is 5. The maximum Gasteiger partial charge on any atom is 0.269 e. The van der Waals surface area contributed by atoms with Crippen molar-refractivity contribution in [3.8, 4) is 28.0 Å². The molecule has 0 aliphatic heterocycles. The van der Waals surface area contributed by atoms with Crippen LogP contribution in [-0.2, 0) is 0 Å². The molecular formula is C23H24N4O3. The summed E-state index contributed by atoms with van der Waals surface area (Å²) >= 11 is 0. The van der Waals surface area contributed by atoms with Crippen LogP contribution in [-0.4, -0.2) is 21.4 Å². The summed E-state index contributed by atoms with van der Waals surface area (Å²) in [6.07, 6.45) is 3.52. The summed E-state index contributed by atoms with van der Waals surface area (Å²) in [5, 5.41) is 11.0. The molecule has 0 saturated carbocycles. The van der Waals surface area contributed by atoms with E-state index in [1.807, 2.05) is 55.6 Å². The van der Waals surface area contributed by atoms with E-state index in [4.69, 9.17) is 10.5 Å². The lowest BCUT2D eigenvalue weighted by Crippen LogP contribution is -1.96. The van der Waals surface area contributed by atoms with Gasteiger partial charge in [0.1, 0.15) is 11.6 Å². The molecule has 7 heteroatoms. The highest BCUT2D eigenvalue weighted by Crippen LogP contribution is 2.42. The molecule has 0 bridgehead atoms. The summed E-state index contributed by atoms with van der Waals surface area (Å²) < 4.78 is 7.26. The van der Waals surface area contributed by atoms with Gasteiger partial charge in [0.2, 0.25) is 0 Å². The lowest BCUT2D eigenvalue weighted by atomic mass is 9.95. The van der Waals surface area contributed by atoms with E-state index in [1.165, 1.54) is 12.1 Å². The van der Waals surface area contributed by atoms with Crippen LogP contribution in [0.15, 0.2) is 60.9 Å². The number of nitrogen functional groups attached to an aromatic ring is 1. The Morgan fingerprint density at radius 1 is 1.00 bits per heavy atom. The SMILES string of the molecule is CC.COc1ccc(-c2c(-c3ccc([N+](=O)[O-])cc3)c(C)n3ccnc(N)c23)cc1. The molecule has 0 saturated heterocycles. The number of hydrogen-bond donors (Lipinski definition) is 1. The molecule has 2 heterocycles. The average molecular weight is 404 g/mol. The second-order valence-electron chi connectivity index (χ2n) is 6.40. The number of aromatic nitrogens is 2. The lowest BCUT2D eigenvalue weighted by molar-refractivity contribution is -0.384. The Kier molecular flexibility index (Phi) is 6.01. The number of rotatable bonds is 4. The van der Waals surface area contributed by atoms with E-state index in [1.54, 1.807) is 25.4 Å². The van der Waals surface area contributed by atoms with Crippen molar-refractivity contribution < 1.29 is 9.66 Å². The molecule has 0 spiro atoms. The second-order valence-corrected chi connectivity index (χ2v) is 6.40. The second kappa shape index (κ2) is 8.65. The van der Waals surface area contributed by atoms with E-state index in [9.17, 15) is 10.1 Å². The summed E-state index contributed by atoms with van der Waals surface area (Å²) in [6, 6.07) is 14.3. The maximum absolute atomic E-state index is 11.0. The van der Waals surface area contributed by atoms with Crippen molar-refractivity contribution in [2.24, 2.45) is 0 Å². The number of fused-ring (bicyclic) bond motifs is 1. The van der Waals surface area contributed by atoms with Crippen molar-refractivity contribution in [3.05, 3.63) is 76.7 Å². The van der Waals surface area contributed by atoms with E-state index in [0.29, 0.717) is 5.82 Å². The Labute approximate surface area is 174 Å². The molecule has 0 unspecified atom stereocenters. The third-order valence-corrected chi connectivity index (χ3v) is 4.87. The van der Waals surface area contributed by atoms with Crippen LogP contribution in [0.2, 0.25) is 0 Å². The minimum Gasteiger partial charge on any atom is -0.497 e. The van der Waals surface area contributed by atoms with Gasteiger partial charge in [-0.2, -0.15) is 0 Å². The first kappa shape index (κ1) is 20.9. The number of nitrogens with two attached hydrogens (primary N) is 1. The molecular weight excluding hydrogens is 380 g/mol. The Morgan fingerprint density at radius 3 is 2.13 bits per heavy atom. The van der Waals surface area contributed by atoms with Crippen LogP contribution in [0.5, 0.6) is 5.75 Å². The molecule has 7 nitrogen and oxygen atoms in total. The highest BCUT2D eigenvalue weighted by molar-refractivity contribution is 6.00. The molecule has 0 amide bonds. The number of nitro groups is 1. The van der Waals surface area contributed by atoms with Crippen LogP contribution in [0.25, 0.3) is 27.8 Å². The molecule has 2 N–H and O–H groups in total. The van der Waals surface area contributed by atoms with Gasteiger partial charge >= 0.3 is 0 Å². The minimum atomic E-state index is -0.404. The van der Waals surface area contributed by atoms with Crippen LogP contribution in [0.4, 0.5) is 11.5 Å². The number of non-ortho nitro benzene ring substituents is 1. The fourth-order valence-electron chi connectivity index (χ4n) is 3.53. The zero-order valence-electron chi connectivity index (χ0n) is 17.4. The molecule has 154 valence electrons. The quantitative estimate of drug-likeness (QED) is 0.358. The van der Waals surface area contributed by atoms with E-state index < -0.39 is 4.92 Å². The molecule has 0 radical (unpaired) electrons. The Morgan fingerprint density at radius 2 is 1.57 bits per heavy atom. The summed E-state index contributed by atoms with van der Waals surface area (Å²) in [5.74, 6) is 1.18. The molecule has 0 atom stereocenters. The predicted octanol–water partition coefficient (Wildman–Crippen LogP) is 5.50. The molecule has 0 aliphatic rings. The normalized spacial score (nSPS) is 10.4. The molecule has 0 fully saturated rings. The van der Waals surface area contributed by atoms with E-state index in [2.05, 4.69) is 4.98 Å². The first-order valence-electron chi connectivity index (χ1n) is 9.65. The van der Waals surface area contributed by atoms with Crippen LogP contribution in [0, 0.1) is 17.0 Å². The Hall–Kier alpha value is -3.87. The fourth-order valence-corrected chi connectivity index (χ4v) is 3.53. The standard InChI is InChI=1S/C21H18N4O3.C2H6/c1-13-18(14-3-7-16(8-4-14)25(26)27)19(15-5-9-17(28-2)10-6-15)20-21(22)23-11-12-24(13)20;1-2/h3-12H,1-2H3,(H2,22,23);1-2H3. The van der Waals surface area contributed by atoms with Crippen molar-refractivity contribution in [1.82, 2.24) is 9.38 Å². The maximum atomic E-state index is 11.0. The van der Waals surface area contributed by atoms with Crippen LogP contribution < -0.4 is 10.5 Å². The number of aryl methyl sites for hydroxylation is 1. The fraction of sp³-hybridized carbons (Fsp3) is 0.174. The number of anilines is 1. The van der Waals surface area contributed by atoms with Gasteiger partial charge < -0.3 is 14.9 Å². The largest absolute Gasteiger partial charge is 0.497 e. The Balaban J connectivity index is 0.00000124. The topological polar surface area (TPSA) is 95.7 Å². The zero-order valence-corrected chi connectivity index (χ0v) is 17.4. The van der Waals surface area contributed by atoms with Crippen molar-refractivity contribution in [1.29, 1.82) is 0 Å². The summed E-state index contributed by atoms with van der Waals surface area (Å²) in [4.78, 5) is 14.9. The Bertz CT molecular complexity index is 1180. The van der Waals surface area contributed by atoms with Gasteiger partial charge in [-0.05, 0) is 42.3 Å². The van der Waals surface area contributed by atoms with Crippen molar-refractivity contribution >= 4 is 17.0 Å². The molecule has 30 heavy (non-hydrogen) atoms. The monoisotopic (exact) mass is 404 g/mol. The van der Waals surface area contributed by atoms with Gasteiger partial charge in [0, 0.05) is 41.3 Å². The van der Waals surface area contributed by atoms with Gasteiger partial charge in [-0.3, -0.25) is 10.1 Å². The van der Waals surface area contributed by atoms with E-state index >= 15 is 0 Å². The smallest absolute Gasteiger partial charge is 0.269 e. The van der Waals surface area contributed by atoms with Crippen LogP contribution in [0.1, 0.15) is 19.5 Å².